The van der Waals surface area contributed by atoms with Gasteiger partial charge in [0.25, 0.3) is 5.91 Å². The van der Waals surface area contributed by atoms with Crippen molar-refractivity contribution in [3.05, 3.63) is 65.7 Å². The highest BCUT2D eigenvalue weighted by Gasteiger charge is 2.13. The zero-order valence-electron chi connectivity index (χ0n) is 15.1. The van der Waals surface area contributed by atoms with Crippen molar-refractivity contribution in [3.63, 3.8) is 0 Å². The highest BCUT2D eigenvalue weighted by atomic mass is 16.1. The molecule has 8 heteroatoms. The number of amides is 1. The van der Waals surface area contributed by atoms with Crippen LogP contribution in [0.15, 0.2) is 48.8 Å². The predicted octanol–water partition coefficient (Wildman–Crippen LogP) is 2.27. The Morgan fingerprint density at radius 2 is 2.04 bits per heavy atom. The topological polar surface area (TPSA) is 90.5 Å². The Bertz CT molecular complexity index is 1100. The molecule has 27 heavy (non-hydrogen) atoms. The third kappa shape index (κ3) is 3.17. The molecule has 0 radical (unpaired) electrons. The summed E-state index contributed by atoms with van der Waals surface area (Å²) in [7, 11) is 0. The van der Waals surface area contributed by atoms with Gasteiger partial charge in [0.2, 0.25) is 0 Å². The minimum atomic E-state index is -0.143. The Morgan fingerprint density at radius 1 is 1.19 bits per heavy atom. The molecular formula is C19H19N7O. The maximum atomic E-state index is 12.6. The van der Waals surface area contributed by atoms with Crippen LogP contribution in [0.4, 0.5) is 0 Å². The lowest BCUT2D eigenvalue weighted by molar-refractivity contribution is 0.0949. The summed E-state index contributed by atoms with van der Waals surface area (Å²) in [4.78, 5) is 17.2. The normalized spacial score (nSPS) is 11.0. The van der Waals surface area contributed by atoms with Crippen molar-refractivity contribution in [2.75, 3.05) is 0 Å². The zero-order valence-corrected chi connectivity index (χ0v) is 15.1. The van der Waals surface area contributed by atoms with Crippen molar-refractivity contribution in [3.8, 4) is 5.69 Å². The van der Waals surface area contributed by atoms with Crippen molar-refractivity contribution in [2.24, 2.45) is 0 Å². The first kappa shape index (κ1) is 16.9. The van der Waals surface area contributed by atoms with Gasteiger partial charge in [-0.25, -0.2) is 9.67 Å². The number of carbonyl (C=O) groups is 1. The number of hydrogen-bond acceptors (Lipinski definition) is 5. The van der Waals surface area contributed by atoms with Gasteiger partial charge in [-0.15, -0.1) is 5.10 Å². The van der Waals surface area contributed by atoms with Crippen LogP contribution < -0.4 is 5.32 Å². The number of hydrogen-bond donors (Lipinski definition) is 1. The summed E-state index contributed by atoms with van der Waals surface area (Å²) in [6.45, 7) is 5.16. The van der Waals surface area contributed by atoms with Crippen LogP contribution >= 0.6 is 0 Å². The van der Waals surface area contributed by atoms with E-state index in [0.717, 1.165) is 34.7 Å². The van der Waals surface area contributed by atoms with Crippen LogP contribution in [0.1, 0.15) is 28.7 Å². The second kappa shape index (κ2) is 6.99. The Balaban J connectivity index is 1.52. The average Bonchev–Trinajstić information content (AvgIpc) is 3.33. The molecule has 136 valence electrons. The molecule has 4 rings (SSSR count). The molecular weight excluding hydrogens is 342 g/mol. The van der Waals surface area contributed by atoms with Gasteiger partial charge in [-0.05, 0) is 60.2 Å². The molecule has 0 aliphatic heterocycles. The number of carbonyl (C=O) groups excluding carboxylic acids is 1. The van der Waals surface area contributed by atoms with Gasteiger partial charge >= 0.3 is 0 Å². The molecule has 0 aliphatic carbocycles. The fourth-order valence-corrected chi connectivity index (χ4v) is 3.20. The van der Waals surface area contributed by atoms with E-state index < -0.39 is 0 Å². The highest BCUT2D eigenvalue weighted by molar-refractivity contribution is 5.94. The summed E-state index contributed by atoms with van der Waals surface area (Å²) in [5, 5.41) is 14.1. The molecule has 1 amide bonds. The summed E-state index contributed by atoms with van der Waals surface area (Å²) in [5.74, 6) is 0.699. The second-order valence-corrected chi connectivity index (χ2v) is 6.20. The average molecular weight is 361 g/mol. The van der Waals surface area contributed by atoms with Crippen molar-refractivity contribution < 1.29 is 4.79 Å². The maximum Gasteiger partial charge on any atom is 0.251 e. The van der Waals surface area contributed by atoms with Crippen LogP contribution in [-0.4, -0.2) is 35.7 Å². The summed E-state index contributed by atoms with van der Waals surface area (Å²) in [6.07, 6.45) is 1.53. The minimum absolute atomic E-state index is 0.143. The SMILES string of the molecule is CCn1c(CNC(=O)c2ccc(-n3cnnn3)c(C)c2)nc2ccccc21. The molecule has 0 bridgehead atoms. The van der Waals surface area contributed by atoms with E-state index in [1.165, 1.54) is 6.33 Å². The summed E-state index contributed by atoms with van der Waals surface area (Å²) in [6, 6.07) is 13.4. The molecule has 1 N–H and O–H groups in total. The van der Waals surface area contributed by atoms with Crippen molar-refractivity contribution in [1.82, 2.24) is 35.1 Å². The number of nitrogens with one attached hydrogen (secondary N) is 1. The van der Waals surface area contributed by atoms with Gasteiger partial charge in [0.15, 0.2) is 0 Å². The van der Waals surface area contributed by atoms with Gasteiger partial charge in [-0.1, -0.05) is 12.1 Å². The van der Waals surface area contributed by atoms with Crippen LogP contribution in [0.2, 0.25) is 0 Å². The van der Waals surface area contributed by atoms with Crippen LogP contribution in [0.25, 0.3) is 16.7 Å². The number of nitrogens with zero attached hydrogens (tertiary/aromatic N) is 6. The molecule has 2 aromatic carbocycles. The van der Waals surface area contributed by atoms with Crippen molar-refractivity contribution >= 4 is 16.9 Å². The zero-order chi connectivity index (χ0) is 18.8. The van der Waals surface area contributed by atoms with E-state index in [1.807, 2.05) is 43.3 Å². The second-order valence-electron chi connectivity index (χ2n) is 6.20. The molecule has 2 heterocycles. The number of fused-ring (bicyclic) bond motifs is 1. The predicted molar refractivity (Wildman–Crippen MR) is 100 cm³/mol. The number of benzene rings is 2. The van der Waals surface area contributed by atoms with Gasteiger partial charge in [0.05, 0.1) is 23.3 Å². The third-order valence-corrected chi connectivity index (χ3v) is 4.51. The monoisotopic (exact) mass is 361 g/mol. The quantitative estimate of drug-likeness (QED) is 0.589. The molecule has 0 unspecified atom stereocenters. The smallest absolute Gasteiger partial charge is 0.251 e. The van der Waals surface area contributed by atoms with E-state index in [0.29, 0.717) is 12.1 Å². The van der Waals surface area contributed by atoms with Crippen LogP contribution in [0.3, 0.4) is 0 Å². The highest BCUT2D eigenvalue weighted by Crippen LogP contribution is 2.17. The molecule has 0 fully saturated rings. The lowest BCUT2D eigenvalue weighted by atomic mass is 10.1. The van der Waals surface area contributed by atoms with E-state index in [9.17, 15) is 4.79 Å². The van der Waals surface area contributed by atoms with E-state index in [4.69, 9.17) is 0 Å². The number of para-hydroxylation sites is 2. The largest absolute Gasteiger partial charge is 0.345 e. The van der Waals surface area contributed by atoms with Gasteiger partial charge in [0.1, 0.15) is 12.2 Å². The Kier molecular flexibility index (Phi) is 4.37. The number of imidazole rings is 1. The van der Waals surface area contributed by atoms with E-state index in [2.05, 4.69) is 37.3 Å². The minimum Gasteiger partial charge on any atom is -0.345 e. The van der Waals surface area contributed by atoms with Gasteiger partial charge in [0, 0.05) is 12.1 Å². The van der Waals surface area contributed by atoms with Crippen molar-refractivity contribution in [1.29, 1.82) is 0 Å². The Hall–Kier alpha value is -3.55. The van der Waals surface area contributed by atoms with Crippen molar-refractivity contribution in [2.45, 2.75) is 26.9 Å². The molecule has 0 aliphatic rings. The van der Waals surface area contributed by atoms with E-state index in [-0.39, 0.29) is 5.91 Å². The molecule has 0 spiro atoms. The Labute approximate surface area is 155 Å². The molecule has 8 nitrogen and oxygen atoms in total. The van der Waals surface area contributed by atoms with Crippen LogP contribution in [0.5, 0.6) is 0 Å². The Morgan fingerprint density at radius 3 is 2.78 bits per heavy atom. The number of aryl methyl sites for hydroxylation is 2. The van der Waals surface area contributed by atoms with Gasteiger partial charge in [-0.3, -0.25) is 4.79 Å². The number of aromatic nitrogens is 6. The summed E-state index contributed by atoms with van der Waals surface area (Å²) >= 11 is 0. The lowest BCUT2D eigenvalue weighted by Crippen LogP contribution is -2.24. The van der Waals surface area contributed by atoms with E-state index in [1.54, 1.807) is 10.7 Å². The van der Waals surface area contributed by atoms with Gasteiger partial charge in [-0.2, -0.15) is 0 Å². The first-order valence-electron chi connectivity index (χ1n) is 8.73. The molecule has 0 atom stereocenters. The third-order valence-electron chi connectivity index (χ3n) is 4.51. The fraction of sp³-hybridized carbons (Fsp3) is 0.211. The molecule has 0 saturated carbocycles. The first-order valence-corrected chi connectivity index (χ1v) is 8.73. The summed E-state index contributed by atoms with van der Waals surface area (Å²) in [5.41, 5.74) is 4.35. The molecule has 4 aromatic rings. The lowest BCUT2D eigenvalue weighted by Gasteiger charge is -2.10. The molecule has 2 aromatic heterocycles. The van der Waals surface area contributed by atoms with Crippen LogP contribution in [0, 0.1) is 6.92 Å². The number of rotatable bonds is 5. The maximum absolute atomic E-state index is 12.6. The van der Waals surface area contributed by atoms with E-state index >= 15 is 0 Å². The fourth-order valence-electron chi connectivity index (χ4n) is 3.20. The van der Waals surface area contributed by atoms with Crippen LogP contribution in [-0.2, 0) is 13.1 Å². The first-order chi connectivity index (χ1) is 13.2. The summed E-state index contributed by atoms with van der Waals surface area (Å²) < 4.78 is 3.68. The van der Waals surface area contributed by atoms with Gasteiger partial charge < -0.3 is 9.88 Å². The standard InChI is InChI=1S/C19H19N7O/c1-3-25-17-7-5-4-6-15(17)22-18(25)11-20-19(27)14-8-9-16(13(2)10-14)26-12-21-23-24-26/h4-10,12H,3,11H2,1-2H3,(H,20,27). The molecule has 0 saturated heterocycles. The number of tetrazole rings is 1.